The van der Waals surface area contributed by atoms with Gasteiger partial charge >= 0.3 is 0 Å². The molecule has 3 rings (SSSR count). The van der Waals surface area contributed by atoms with E-state index in [0.717, 1.165) is 12.1 Å². The first kappa shape index (κ1) is 14.5. The first-order valence-corrected chi connectivity index (χ1v) is 7.41. The van der Waals surface area contributed by atoms with Crippen LogP contribution in [-0.2, 0) is 16.1 Å². The van der Waals surface area contributed by atoms with Gasteiger partial charge in [0.25, 0.3) is 0 Å². The number of primary amides is 1. The summed E-state index contributed by atoms with van der Waals surface area (Å²) in [5, 5.41) is 5.16. The van der Waals surface area contributed by atoms with Gasteiger partial charge in [-0.3, -0.25) is 14.5 Å². The SMILES string of the molecule is NC(=O)C[C@@H]1C(=O)NCCN1Cc1ccc2ccccc2c1. The van der Waals surface area contributed by atoms with Crippen LogP contribution in [0.1, 0.15) is 12.0 Å². The second kappa shape index (κ2) is 6.15. The van der Waals surface area contributed by atoms with Gasteiger partial charge in [-0.25, -0.2) is 0 Å². The Hall–Kier alpha value is -2.40. The van der Waals surface area contributed by atoms with Gasteiger partial charge in [0.2, 0.25) is 11.8 Å². The van der Waals surface area contributed by atoms with Crippen LogP contribution in [0.4, 0.5) is 0 Å². The lowest BCUT2D eigenvalue weighted by Gasteiger charge is -2.34. The lowest BCUT2D eigenvalue weighted by molar-refractivity contribution is -0.133. The number of nitrogens with two attached hydrogens (primary N) is 1. The third-order valence-corrected chi connectivity index (χ3v) is 4.04. The van der Waals surface area contributed by atoms with Gasteiger partial charge in [-0.05, 0) is 22.4 Å². The smallest absolute Gasteiger partial charge is 0.237 e. The van der Waals surface area contributed by atoms with Crippen molar-refractivity contribution in [2.75, 3.05) is 13.1 Å². The number of amides is 2. The van der Waals surface area contributed by atoms with Crippen LogP contribution in [-0.4, -0.2) is 35.8 Å². The van der Waals surface area contributed by atoms with Gasteiger partial charge < -0.3 is 11.1 Å². The van der Waals surface area contributed by atoms with E-state index in [0.29, 0.717) is 13.1 Å². The summed E-state index contributed by atoms with van der Waals surface area (Å²) in [5.41, 5.74) is 6.40. The first-order chi connectivity index (χ1) is 10.6. The van der Waals surface area contributed by atoms with Gasteiger partial charge in [0.1, 0.15) is 0 Å². The minimum Gasteiger partial charge on any atom is -0.370 e. The molecule has 0 aromatic heterocycles. The van der Waals surface area contributed by atoms with E-state index in [1.165, 1.54) is 10.8 Å². The molecule has 2 aromatic rings. The summed E-state index contributed by atoms with van der Waals surface area (Å²) in [6.07, 6.45) is 0.0550. The molecule has 0 radical (unpaired) electrons. The Kier molecular flexibility index (Phi) is 4.06. The third kappa shape index (κ3) is 3.09. The number of piperazine rings is 1. The van der Waals surface area contributed by atoms with Gasteiger partial charge in [-0.15, -0.1) is 0 Å². The highest BCUT2D eigenvalue weighted by molar-refractivity contribution is 5.88. The fourth-order valence-electron chi connectivity index (χ4n) is 2.94. The van der Waals surface area contributed by atoms with Crippen molar-refractivity contribution in [1.82, 2.24) is 10.2 Å². The molecule has 1 aliphatic heterocycles. The summed E-state index contributed by atoms with van der Waals surface area (Å²) >= 11 is 0. The molecule has 0 aliphatic carbocycles. The highest BCUT2D eigenvalue weighted by Gasteiger charge is 2.30. The Bertz CT molecular complexity index is 714. The van der Waals surface area contributed by atoms with Crippen LogP contribution in [0.3, 0.4) is 0 Å². The van der Waals surface area contributed by atoms with E-state index in [-0.39, 0.29) is 12.3 Å². The van der Waals surface area contributed by atoms with E-state index in [2.05, 4.69) is 35.6 Å². The standard InChI is InChI=1S/C17H19N3O2/c18-16(21)10-15-17(22)19-7-8-20(15)11-12-5-6-13-3-1-2-4-14(13)9-12/h1-6,9,15H,7-8,10-11H2,(H2,18,21)(H,19,22)/t15-/m1/s1. The van der Waals surface area contributed by atoms with Crippen LogP contribution in [0.5, 0.6) is 0 Å². The topological polar surface area (TPSA) is 75.4 Å². The maximum absolute atomic E-state index is 12.0. The molecule has 0 saturated carbocycles. The minimum atomic E-state index is -0.474. The quantitative estimate of drug-likeness (QED) is 0.884. The third-order valence-electron chi connectivity index (χ3n) is 4.04. The predicted octanol–water partition coefficient (Wildman–Crippen LogP) is 1.02. The summed E-state index contributed by atoms with van der Waals surface area (Å²) in [6, 6.07) is 14.0. The average molecular weight is 297 g/mol. The van der Waals surface area contributed by atoms with Crippen molar-refractivity contribution in [2.24, 2.45) is 5.73 Å². The number of nitrogens with zero attached hydrogens (tertiary/aromatic N) is 1. The van der Waals surface area contributed by atoms with Gasteiger partial charge in [0, 0.05) is 19.6 Å². The minimum absolute atomic E-state index is 0.0550. The zero-order valence-corrected chi connectivity index (χ0v) is 12.3. The highest BCUT2D eigenvalue weighted by Crippen LogP contribution is 2.19. The van der Waals surface area contributed by atoms with E-state index in [9.17, 15) is 9.59 Å². The van der Waals surface area contributed by atoms with Crippen molar-refractivity contribution >= 4 is 22.6 Å². The maximum atomic E-state index is 12.0. The summed E-state index contributed by atoms with van der Waals surface area (Å²) in [5.74, 6) is -0.573. The zero-order valence-electron chi connectivity index (χ0n) is 12.3. The van der Waals surface area contributed by atoms with Crippen molar-refractivity contribution in [3.8, 4) is 0 Å². The molecule has 114 valence electrons. The number of hydrogen-bond donors (Lipinski definition) is 2. The number of benzene rings is 2. The van der Waals surface area contributed by atoms with Crippen molar-refractivity contribution in [1.29, 1.82) is 0 Å². The van der Waals surface area contributed by atoms with Crippen LogP contribution in [0.15, 0.2) is 42.5 Å². The second-order valence-corrected chi connectivity index (χ2v) is 5.63. The molecule has 22 heavy (non-hydrogen) atoms. The van der Waals surface area contributed by atoms with Crippen LogP contribution >= 0.6 is 0 Å². The summed E-state index contributed by atoms with van der Waals surface area (Å²) in [4.78, 5) is 25.2. The molecule has 1 atom stereocenters. The van der Waals surface area contributed by atoms with Crippen LogP contribution < -0.4 is 11.1 Å². The van der Waals surface area contributed by atoms with E-state index in [1.807, 2.05) is 17.0 Å². The highest BCUT2D eigenvalue weighted by atomic mass is 16.2. The summed E-state index contributed by atoms with van der Waals surface area (Å²) in [7, 11) is 0. The van der Waals surface area contributed by atoms with Gasteiger partial charge in [0.15, 0.2) is 0 Å². The molecule has 1 heterocycles. The van der Waals surface area contributed by atoms with Gasteiger partial charge in [0.05, 0.1) is 12.5 Å². The molecule has 1 fully saturated rings. The predicted molar refractivity (Wildman–Crippen MR) is 85.0 cm³/mol. The van der Waals surface area contributed by atoms with Crippen LogP contribution in [0.2, 0.25) is 0 Å². The van der Waals surface area contributed by atoms with Crippen LogP contribution in [0, 0.1) is 0 Å². The summed E-state index contributed by atoms with van der Waals surface area (Å²) < 4.78 is 0. The molecule has 2 aromatic carbocycles. The van der Waals surface area contributed by atoms with E-state index in [4.69, 9.17) is 5.73 Å². The fourth-order valence-corrected chi connectivity index (χ4v) is 2.94. The van der Waals surface area contributed by atoms with Crippen molar-refractivity contribution in [3.05, 3.63) is 48.0 Å². The molecular weight excluding hydrogens is 278 g/mol. The molecule has 1 saturated heterocycles. The molecule has 3 N–H and O–H groups in total. The van der Waals surface area contributed by atoms with E-state index in [1.54, 1.807) is 0 Å². The Labute approximate surface area is 129 Å². The largest absolute Gasteiger partial charge is 0.370 e. The number of nitrogens with one attached hydrogen (secondary N) is 1. The van der Waals surface area contributed by atoms with Gasteiger partial charge in [-0.1, -0.05) is 36.4 Å². The van der Waals surface area contributed by atoms with Crippen LogP contribution in [0.25, 0.3) is 10.8 Å². The lowest BCUT2D eigenvalue weighted by atomic mass is 10.0. The fraction of sp³-hybridized carbons (Fsp3) is 0.294. The molecule has 0 spiro atoms. The van der Waals surface area contributed by atoms with E-state index >= 15 is 0 Å². The number of carbonyl (C=O) groups excluding carboxylic acids is 2. The Morgan fingerprint density at radius 3 is 2.77 bits per heavy atom. The molecule has 5 heteroatoms. The van der Waals surface area contributed by atoms with Crippen molar-refractivity contribution in [2.45, 2.75) is 19.0 Å². The molecule has 0 unspecified atom stereocenters. The average Bonchev–Trinajstić information content (AvgIpc) is 2.50. The Morgan fingerprint density at radius 2 is 2.00 bits per heavy atom. The number of hydrogen-bond acceptors (Lipinski definition) is 3. The molecule has 1 aliphatic rings. The van der Waals surface area contributed by atoms with Gasteiger partial charge in [-0.2, -0.15) is 0 Å². The number of fused-ring (bicyclic) bond motifs is 1. The molecular formula is C17H19N3O2. The first-order valence-electron chi connectivity index (χ1n) is 7.41. The number of rotatable bonds is 4. The Morgan fingerprint density at radius 1 is 1.23 bits per heavy atom. The van der Waals surface area contributed by atoms with Crippen molar-refractivity contribution < 1.29 is 9.59 Å². The Balaban J connectivity index is 1.81. The molecule has 0 bridgehead atoms. The molecule has 2 amide bonds. The zero-order chi connectivity index (χ0) is 15.5. The number of carbonyl (C=O) groups is 2. The second-order valence-electron chi connectivity index (χ2n) is 5.63. The van der Waals surface area contributed by atoms with Crippen molar-refractivity contribution in [3.63, 3.8) is 0 Å². The van der Waals surface area contributed by atoms with E-state index < -0.39 is 11.9 Å². The lowest BCUT2D eigenvalue weighted by Crippen LogP contribution is -2.55. The summed E-state index contributed by atoms with van der Waals surface area (Å²) in [6.45, 7) is 1.95. The maximum Gasteiger partial charge on any atom is 0.237 e. The normalized spacial score (nSPS) is 19.1. The monoisotopic (exact) mass is 297 g/mol. The molecule has 5 nitrogen and oxygen atoms in total.